The first-order chi connectivity index (χ1) is 17.4. The molecule has 8 heteroatoms. The van der Waals surface area contributed by atoms with Crippen LogP contribution in [0.2, 0.25) is 0 Å². The molecular weight excluding hydrogens is 474 g/mol. The molecule has 0 spiro atoms. The molecular formula is C28H29N3O4S. The van der Waals surface area contributed by atoms with Crippen molar-refractivity contribution in [2.45, 2.75) is 20.0 Å². The Kier molecular flexibility index (Phi) is 7.75. The average molecular weight is 504 g/mol. The number of anilines is 1. The molecule has 0 aliphatic heterocycles. The van der Waals surface area contributed by atoms with Gasteiger partial charge in [0.15, 0.2) is 16.6 Å². The highest BCUT2D eigenvalue weighted by molar-refractivity contribution is 7.80. The Morgan fingerprint density at radius 1 is 0.889 bits per heavy atom. The van der Waals surface area contributed by atoms with Crippen LogP contribution in [-0.2, 0) is 13.1 Å². The molecule has 4 aromatic rings. The fourth-order valence-electron chi connectivity index (χ4n) is 3.89. The van der Waals surface area contributed by atoms with Gasteiger partial charge in [0, 0.05) is 29.2 Å². The molecule has 0 unspecified atom stereocenters. The van der Waals surface area contributed by atoms with Crippen molar-refractivity contribution in [2.24, 2.45) is 0 Å². The first-order valence-corrected chi connectivity index (χ1v) is 11.8. The van der Waals surface area contributed by atoms with Gasteiger partial charge in [0.25, 0.3) is 5.56 Å². The van der Waals surface area contributed by atoms with Gasteiger partial charge in [-0.1, -0.05) is 29.8 Å². The van der Waals surface area contributed by atoms with Crippen molar-refractivity contribution in [1.82, 2.24) is 9.88 Å². The number of hydrogen-bond acceptors (Lipinski definition) is 5. The smallest absolute Gasteiger partial charge is 0.253 e. The van der Waals surface area contributed by atoms with Crippen LogP contribution in [0.4, 0.5) is 5.69 Å². The van der Waals surface area contributed by atoms with Crippen molar-refractivity contribution in [3.8, 4) is 17.2 Å². The number of thiocarbonyl (C=S) groups is 1. The number of nitrogens with zero attached hydrogens (tertiary/aromatic N) is 1. The van der Waals surface area contributed by atoms with Gasteiger partial charge in [0.2, 0.25) is 0 Å². The summed E-state index contributed by atoms with van der Waals surface area (Å²) < 4.78 is 16.1. The zero-order valence-corrected chi connectivity index (χ0v) is 21.6. The highest BCUT2D eigenvalue weighted by Crippen LogP contribution is 2.31. The quantitative estimate of drug-likeness (QED) is 0.318. The van der Waals surface area contributed by atoms with Crippen LogP contribution in [0.15, 0.2) is 71.5 Å². The van der Waals surface area contributed by atoms with E-state index < -0.39 is 0 Å². The summed E-state index contributed by atoms with van der Waals surface area (Å²) in [6.45, 7) is 2.85. The molecule has 0 aliphatic rings. The van der Waals surface area contributed by atoms with Gasteiger partial charge in [-0.15, -0.1) is 0 Å². The lowest BCUT2D eigenvalue weighted by Gasteiger charge is -2.26. The van der Waals surface area contributed by atoms with E-state index in [0.29, 0.717) is 40.8 Å². The molecule has 2 N–H and O–H groups in total. The fourth-order valence-corrected chi connectivity index (χ4v) is 4.14. The summed E-state index contributed by atoms with van der Waals surface area (Å²) in [4.78, 5) is 18.0. The Morgan fingerprint density at radius 2 is 1.56 bits per heavy atom. The van der Waals surface area contributed by atoms with E-state index in [9.17, 15) is 4.79 Å². The van der Waals surface area contributed by atoms with E-state index in [4.69, 9.17) is 26.4 Å². The number of hydrogen-bond donors (Lipinski definition) is 2. The van der Waals surface area contributed by atoms with Gasteiger partial charge >= 0.3 is 0 Å². The number of benzene rings is 3. The van der Waals surface area contributed by atoms with Crippen LogP contribution >= 0.6 is 12.2 Å². The first kappa shape index (κ1) is 25.1. The molecule has 7 nitrogen and oxygen atoms in total. The molecule has 0 saturated carbocycles. The number of rotatable bonds is 8. The van der Waals surface area contributed by atoms with Gasteiger partial charge in [-0.2, -0.15) is 0 Å². The lowest BCUT2D eigenvalue weighted by atomic mass is 10.1. The average Bonchev–Trinajstić information content (AvgIpc) is 2.89. The van der Waals surface area contributed by atoms with Gasteiger partial charge in [0.1, 0.15) is 5.75 Å². The highest BCUT2D eigenvalue weighted by Gasteiger charge is 2.16. The maximum absolute atomic E-state index is 13.0. The van der Waals surface area contributed by atoms with Crippen molar-refractivity contribution in [3.63, 3.8) is 0 Å². The SMILES string of the molecule is COc1ccc(CN(Cc2cc3cc(OC)c(OC)cc3[nH]c2=O)C(=S)Nc2ccc(C)cc2)cc1. The van der Waals surface area contributed by atoms with Gasteiger partial charge in [-0.3, -0.25) is 4.79 Å². The van der Waals surface area contributed by atoms with E-state index >= 15 is 0 Å². The van der Waals surface area contributed by atoms with Crippen LogP contribution in [0.5, 0.6) is 17.2 Å². The number of methoxy groups -OCH3 is 3. The Balaban J connectivity index is 1.67. The monoisotopic (exact) mass is 503 g/mol. The molecule has 1 aromatic heterocycles. The van der Waals surface area contributed by atoms with Crippen molar-refractivity contribution in [1.29, 1.82) is 0 Å². The molecule has 36 heavy (non-hydrogen) atoms. The lowest BCUT2D eigenvalue weighted by Crippen LogP contribution is -2.35. The van der Waals surface area contributed by atoms with Gasteiger partial charge in [0.05, 0.1) is 33.4 Å². The number of aryl methyl sites for hydroxylation is 1. The molecule has 0 fully saturated rings. The van der Waals surface area contributed by atoms with Crippen LogP contribution in [0.3, 0.4) is 0 Å². The summed E-state index contributed by atoms with van der Waals surface area (Å²) >= 11 is 5.79. The third kappa shape index (κ3) is 5.78. The topological polar surface area (TPSA) is 75.8 Å². The summed E-state index contributed by atoms with van der Waals surface area (Å²) in [7, 11) is 4.79. The van der Waals surface area contributed by atoms with Crippen LogP contribution < -0.4 is 25.1 Å². The molecule has 1 heterocycles. The summed E-state index contributed by atoms with van der Waals surface area (Å²) in [6, 6.07) is 21.3. The second-order valence-corrected chi connectivity index (χ2v) is 8.81. The zero-order chi connectivity index (χ0) is 25.7. The zero-order valence-electron chi connectivity index (χ0n) is 20.8. The molecule has 0 atom stereocenters. The van der Waals surface area contributed by atoms with Crippen molar-refractivity contribution in [3.05, 3.63) is 93.8 Å². The summed E-state index contributed by atoms with van der Waals surface area (Å²) in [5, 5.41) is 4.66. The minimum absolute atomic E-state index is 0.187. The van der Waals surface area contributed by atoms with E-state index in [1.165, 1.54) is 0 Å². The molecule has 186 valence electrons. The predicted molar refractivity (Wildman–Crippen MR) is 147 cm³/mol. The molecule has 0 saturated heterocycles. The fraction of sp³-hybridized carbons (Fsp3) is 0.214. The second kappa shape index (κ2) is 11.1. The number of ether oxygens (including phenoxy) is 3. The summed E-state index contributed by atoms with van der Waals surface area (Å²) in [5.41, 5.74) is 4.14. The first-order valence-electron chi connectivity index (χ1n) is 11.4. The Labute approximate surface area is 215 Å². The number of aromatic amines is 1. The Morgan fingerprint density at radius 3 is 2.19 bits per heavy atom. The number of pyridine rings is 1. The van der Waals surface area contributed by atoms with Crippen molar-refractivity contribution >= 4 is 33.9 Å². The second-order valence-electron chi connectivity index (χ2n) is 8.42. The normalized spacial score (nSPS) is 10.7. The minimum Gasteiger partial charge on any atom is -0.497 e. The molecule has 0 bridgehead atoms. The predicted octanol–water partition coefficient (Wildman–Crippen LogP) is 5.26. The van der Waals surface area contributed by atoms with Gasteiger partial charge < -0.3 is 29.4 Å². The molecule has 0 amide bonds. The van der Waals surface area contributed by atoms with E-state index in [1.807, 2.05) is 72.5 Å². The lowest BCUT2D eigenvalue weighted by molar-refractivity contribution is 0.355. The number of H-pyrrole nitrogens is 1. The van der Waals surface area contributed by atoms with E-state index in [0.717, 1.165) is 28.0 Å². The Bertz CT molecular complexity index is 1420. The molecule has 4 rings (SSSR count). The third-order valence-electron chi connectivity index (χ3n) is 5.91. The maximum atomic E-state index is 13.0. The van der Waals surface area contributed by atoms with Gasteiger partial charge in [-0.05, 0) is 61.1 Å². The third-order valence-corrected chi connectivity index (χ3v) is 6.27. The van der Waals surface area contributed by atoms with E-state index in [-0.39, 0.29) is 5.56 Å². The highest BCUT2D eigenvalue weighted by atomic mass is 32.1. The van der Waals surface area contributed by atoms with Crippen molar-refractivity contribution < 1.29 is 14.2 Å². The van der Waals surface area contributed by atoms with Crippen LogP contribution in [0.25, 0.3) is 10.9 Å². The van der Waals surface area contributed by atoms with Crippen LogP contribution in [0.1, 0.15) is 16.7 Å². The summed E-state index contributed by atoms with van der Waals surface area (Å²) in [6.07, 6.45) is 0. The standard InChI is InChI=1S/C28H29N3O4S/c1-18-5-9-22(10-6-18)29-28(36)31(16-19-7-11-23(33-2)12-8-19)17-21-13-20-14-25(34-3)26(35-4)15-24(20)30-27(21)32/h5-15H,16-17H2,1-4H3,(H,29,36)(H,30,32). The van der Waals surface area contributed by atoms with E-state index in [1.54, 1.807) is 27.4 Å². The number of nitrogens with one attached hydrogen (secondary N) is 2. The Hall–Kier alpha value is -4.04. The van der Waals surface area contributed by atoms with Gasteiger partial charge in [-0.25, -0.2) is 0 Å². The largest absolute Gasteiger partial charge is 0.497 e. The minimum atomic E-state index is -0.187. The molecule has 0 aliphatic carbocycles. The molecule has 3 aromatic carbocycles. The van der Waals surface area contributed by atoms with Crippen LogP contribution in [0, 0.1) is 6.92 Å². The number of fused-ring (bicyclic) bond motifs is 1. The number of aromatic nitrogens is 1. The van der Waals surface area contributed by atoms with E-state index in [2.05, 4.69) is 10.3 Å². The maximum Gasteiger partial charge on any atom is 0.253 e. The summed E-state index contributed by atoms with van der Waals surface area (Å²) in [5.74, 6) is 1.92. The van der Waals surface area contributed by atoms with Crippen LogP contribution in [-0.4, -0.2) is 36.3 Å². The van der Waals surface area contributed by atoms with Crippen molar-refractivity contribution in [2.75, 3.05) is 26.6 Å². The molecule has 0 radical (unpaired) electrons.